The second kappa shape index (κ2) is 6.04. The third-order valence-electron chi connectivity index (χ3n) is 4.63. The minimum Gasteiger partial charge on any atom is -0.364 e. The first-order valence-corrected chi connectivity index (χ1v) is 8.59. The van der Waals surface area contributed by atoms with Crippen LogP contribution in [0.4, 0.5) is 0 Å². The van der Waals surface area contributed by atoms with Crippen molar-refractivity contribution in [3.05, 3.63) is 36.0 Å². The Balaban J connectivity index is 1.93. The predicted molar refractivity (Wildman–Crippen MR) is 101 cm³/mol. The molecule has 0 radical (unpaired) electrons. The molecule has 0 atom stereocenters. The number of amides is 1. The van der Waals surface area contributed by atoms with Crippen LogP contribution >= 0.6 is 0 Å². The number of carbonyl (C=O) groups is 1. The van der Waals surface area contributed by atoms with Crippen LogP contribution in [-0.2, 0) is 20.6 Å². The molecular formula is C18H20N8O. The van der Waals surface area contributed by atoms with Gasteiger partial charge in [0.15, 0.2) is 5.82 Å². The quantitative estimate of drug-likeness (QED) is 0.592. The molecule has 2 N–H and O–H groups in total. The molecule has 0 saturated carbocycles. The summed E-state index contributed by atoms with van der Waals surface area (Å²) in [7, 11) is 3.70. The molecule has 27 heavy (non-hydrogen) atoms. The van der Waals surface area contributed by atoms with Gasteiger partial charge in [-0.3, -0.25) is 14.2 Å². The lowest BCUT2D eigenvalue weighted by atomic mass is 10.2. The summed E-state index contributed by atoms with van der Waals surface area (Å²) >= 11 is 0. The summed E-state index contributed by atoms with van der Waals surface area (Å²) in [5.41, 5.74) is 9.67. The van der Waals surface area contributed by atoms with E-state index >= 15 is 0 Å². The molecule has 0 spiro atoms. The van der Waals surface area contributed by atoms with Crippen LogP contribution in [0.25, 0.3) is 33.7 Å². The number of fused-ring (bicyclic) bond motifs is 1. The second-order valence-electron chi connectivity index (χ2n) is 6.47. The molecular weight excluding hydrogens is 344 g/mol. The molecule has 4 aromatic heterocycles. The van der Waals surface area contributed by atoms with E-state index in [0.29, 0.717) is 11.5 Å². The topological polar surface area (TPSA) is 109 Å². The van der Waals surface area contributed by atoms with E-state index in [0.717, 1.165) is 34.4 Å². The summed E-state index contributed by atoms with van der Waals surface area (Å²) in [6, 6.07) is 1.65. The molecule has 4 aromatic rings. The molecule has 0 aliphatic heterocycles. The number of primary amides is 1. The molecule has 0 unspecified atom stereocenters. The maximum Gasteiger partial charge on any atom is 0.267 e. The first-order chi connectivity index (χ1) is 12.9. The Morgan fingerprint density at radius 1 is 1.22 bits per heavy atom. The van der Waals surface area contributed by atoms with Crippen LogP contribution in [-0.4, -0.2) is 40.0 Å². The first-order valence-electron chi connectivity index (χ1n) is 8.59. The average molecular weight is 364 g/mol. The summed E-state index contributed by atoms with van der Waals surface area (Å²) in [6.45, 7) is 4.79. The molecule has 0 aliphatic carbocycles. The van der Waals surface area contributed by atoms with Crippen LogP contribution in [0.3, 0.4) is 0 Å². The fourth-order valence-corrected chi connectivity index (χ4v) is 3.19. The highest BCUT2D eigenvalue weighted by Crippen LogP contribution is 2.30. The zero-order valence-corrected chi connectivity index (χ0v) is 15.6. The minimum absolute atomic E-state index is 0.181. The van der Waals surface area contributed by atoms with Gasteiger partial charge >= 0.3 is 0 Å². The van der Waals surface area contributed by atoms with Gasteiger partial charge in [-0.15, -0.1) is 0 Å². The lowest BCUT2D eigenvalue weighted by Gasteiger charge is -2.05. The van der Waals surface area contributed by atoms with Crippen LogP contribution in [0.15, 0.2) is 24.7 Å². The number of carbonyl (C=O) groups excluding carboxylic acids is 1. The Morgan fingerprint density at radius 3 is 2.67 bits per heavy atom. The number of hydrogen-bond acceptors (Lipinski definition) is 5. The van der Waals surface area contributed by atoms with Gasteiger partial charge in [0.1, 0.15) is 11.4 Å². The van der Waals surface area contributed by atoms with E-state index in [1.165, 1.54) is 0 Å². The summed E-state index contributed by atoms with van der Waals surface area (Å²) in [6.07, 6.45) is 5.63. The number of aryl methyl sites for hydroxylation is 4. The molecule has 1 amide bonds. The van der Waals surface area contributed by atoms with Crippen molar-refractivity contribution in [2.75, 3.05) is 0 Å². The molecule has 0 bridgehead atoms. The van der Waals surface area contributed by atoms with Crippen molar-refractivity contribution in [2.24, 2.45) is 19.8 Å². The van der Waals surface area contributed by atoms with Gasteiger partial charge in [-0.05, 0) is 19.9 Å². The van der Waals surface area contributed by atoms with Crippen molar-refractivity contribution in [1.29, 1.82) is 0 Å². The number of rotatable bonds is 4. The number of nitrogens with two attached hydrogens (primary N) is 1. The normalized spacial score (nSPS) is 11.4. The Bertz CT molecular complexity index is 1180. The van der Waals surface area contributed by atoms with Crippen molar-refractivity contribution in [3.63, 3.8) is 0 Å². The van der Waals surface area contributed by atoms with Gasteiger partial charge in [-0.25, -0.2) is 9.97 Å². The summed E-state index contributed by atoms with van der Waals surface area (Å²) in [5.74, 6) is 0.0450. The Kier molecular flexibility index (Phi) is 3.79. The van der Waals surface area contributed by atoms with Gasteiger partial charge in [-0.1, -0.05) is 0 Å². The largest absolute Gasteiger partial charge is 0.364 e. The molecule has 4 heterocycles. The van der Waals surface area contributed by atoms with E-state index < -0.39 is 5.91 Å². The van der Waals surface area contributed by atoms with Gasteiger partial charge in [0, 0.05) is 44.0 Å². The Labute approximate surface area is 155 Å². The van der Waals surface area contributed by atoms with Gasteiger partial charge in [-0.2, -0.15) is 10.2 Å². The molecule has 9 nitrogen and oxygen atoms in total. The highest BCUT2D eigenvalue weighted by molar-refractivity contribution is 5.99. The second-order valence-corrected chi connectivity index (χ2v) is 6.47. The molecule has 0 aliphatic rings. The number of pyridine rings is 1. The Morgan fingerprint density at radius 2 is 2.00 bits per heavy atom. The third-order valence-corrected chi connectivity index (χ3v) is 4.63. The molecule has 0 saturated heterocycles. The van der Waals surface area contributed by atoms with E-state index in [2.05, 4.69) is 15.2 Å². The van der Waals surface area contributed by atoms with Crippen molar-refractivity contribution in [3.8, 4) is 22.8 Å². The number of imidazole rings is 1. The highest BCUT2D eigenvalue weighted by Gasteiger charge is 2.20. The fraction of sp³-hybridized carbons (Fsp3) is 0.278. The van der Waals surface area contributed by atoms with E-state index in [4.69, 9.17) is 10.7 Å². The smallest absolute Gasteiger partial charge is 0.267 e. The molecule has 9 heteroatoms. The molecule has 0 aromatic carbocycles. The summed E-state index contributed by atoms with van der Waals surface area (Å²) in [5, 5.41) is 9.57. The van der Waals surface area contributed by atoms with Gasteiger partial charge in [0.2, 0.25) is 0 Å². The van der Waals surface area contributed by atoms with Crippen molar-refractivity contribution >= 4 is 16.8 Å². The van der Waals surface area contributed by atoms with E-state index in [-0.39, 0.29) is 5.69 Å². The predicted octanol–water partition coefficient (Wildman–Crippen LogP) is 1.66. The minimum atomic E-state index is -0.589. The fourth-order valence-electron chi connectivity index (χ4n) is 3.19. The average Bonchev–Trinajstić information content (AvgIpc) is 3.31. The number of nitrogens with zero attached hydrogens (tertiary/aromatic N) is 7. The van der Waals surface area contributed by atoms with Crippen molar-refractivity contribution < 1.29 is 4.79 Å². The SMILES string of the molecule is CCn1cc(-c2cn(C)c(-c3nc(C(N)=O)cc4c3cnn4C)n2)c(C)n1. The molecule has 138 valence electrons. The lowest BCUT2D eigenvalue weighted by Crippen LogP contribution is -2.14. The summed E-state index contributed by atoms with van der Waals surface area (Å²) < 4.78 is 5.45. The van der Waals surface area contributed by atoms with Crippen LogP contribution in [0.5, 0.6) is 0 Å². The zero-order valence-electron chi connectivity index (χ0n) is 15.6. The van der Waals surface area contributed by atoms with E-state index in [1.54, 1.807) is 16.9 Å². The van der Waals surface area contributed by atoms with Gasteiger partial charge in [0.05, 0.1) is 23.1 Å². The Hall–Kier alpha value is -3.49. The van der Waals surface area contributed by atoms with Crippen LogP contribution in [0, 0.1) is 6.92 Å². The maximum absolute atomic E-state index is 11.7. The molecule has 0 fully saturated rings. The van der Waals surface area contributed by atoms with E-state index in [1.807, 2.05) is 49.6 Å². The maximum atomic E-state index is 11.7. The summed E-state index contributed by atoms with van der Waals surface area (Å²) in [4.78, 5) is 21.0. The highest BCUT2D eigenvalue weighted by atomic mass is 16.1. The standard InChI is InChI=1S/C18H20N8O/c1-5-26-8-12(10(2)23-26)14-9-24(3)18(22-14)16-11-7-20-25(4)15(11)6-13(21-16)17(19)27/h6-9H,5H2,1-4H3,(H2,19,27). The van der Waals surface area contributed by atoms with Gasteiger partial charge in [0.25, 0.3) is 5.91 Å². The molecule has 4 rings (SSSR count). The zero-order chi connectivity index (χ0) is 19.3. The number of aromatic nitrogens is 7. The third kappa shape index (κ3) is 2.67. The van der Waals surface area contributed by atoms with Crippen molar-refractivity contribution in [2.45, 2.75) is 20.4 Å². The first kappa shape index (κ1) is 17.0. The number of hydrogen-bond donors (Lipinski definition) is 1. The lowest BCUT2D eigenvalue weighted by molar-refractivity contribution is 0.0996. The van der Waals surface area contributed by atoms with Gasteiger partial charge < -0.3 is 10.3 Å². The van der Waals surface area contributed by atoms with Crippen LogP contribution in [0.2, 0.25) is 0 Å². The van der Waals surface area contributed by atoms with Crippen molar-refractivity contribution in [1.82, 2.24) is 34.1 Å². The van der Waals surface area contributed by atoms with Crippen LogP contribution in [0.1, 0.15) is 23.1 Å². The monoisotopic (exact) mass is 364 g/mol. The van der Waals surface area contributed by atoms with Crippen LogP contribution < -0.4 is 5.73 Å². The van der Waals surface area contributed by atoms with E-state index in [9.17, 15) is 4.79 Å².